The van der Waals surface area contributed by atoms with E-state index in [4.69, 9.17) is 4.42 Å². The second-order valence-corrected chi connectivity index (χ2v) is 6.97. The zero-order valence-electron chi connectivity index (χ0n) is 15.7. The Kier molecular flexibility index (Phi) is 4.30. The fourth-order valence-electron chi connectivity index (χ4n) is 3.66. The Morgan fingerprint density at radius 3 is 1.55 bits per heavy atom. The molecule has 4 aromatic carbocycles. The van der Waals surface area contributed by atoms with Crippen molar-refractivity contribution in [2.24, 2.45) is 0 Å². The molecule has 0 atom stereocenters. The summed E-state index contributed by atoms with van der Waals surface area (Å²) in [4.78, 5) is 12.9. The second-order valence-electron chi connectivity index (χ2n) is 6.97. The summed E-state index contributed by atoms with van der Waals surface area (Å²) in [6.07, 6.45) is 0. The van der Waals surface area contributed by atoms with Crippen LogP contribution >= 0.6 is 0 Å². The fourth-order valence-corrected chi connectivity index (χ4v) is 3.66. The lowest BCUT2D eigenvalue weighted by Gasteiger charge is -2.12. The minimum Gasteiger partial charge on any atom is -0.456 e. The molecule has 1 aromatic heterocycles. The first-order valence-electron chi connectivity index (χ1n) is 9.58. The van der Waals surface area contributed by atoms with Crippen LogP contribution in [-0.4, -0.2) is 0 Å². The van der Waals surface area contributed by atoms with Crippen molar-refractivity contribution in [1.82, 2.24) is 0 Å². The first-order chi connectivity index (χ1) is 14.3. The Bertz CT molecular complexity index is 1340. The molecule has 5 rings (SSSR count). The van der Waals surface area contributed by atoms with Gasteiger partial charge in [0.25, 0.3) is 0 Å². The Morgan fingerprint density at radius 1 is 0.517 bits per heavy atom. The van der Waals surface area contributed by atoms with Crippen molar-refractivity contribution in [1.29, 1.82) is 0 Å². The molecule has 0 aliphatic rings. The van der Waals surface area contributed by atoms with Crippen LogP contribution in [0.1, 0.15) is 0 Å². The lowest BCUT2D eigenvalue weighted by molar-refractivity contribution is 0.619. The van der Waals surface area contributed by atoms with Crippen molar-refractivity contribution >= 4 is 11.0 Å². The van der Waals surface area contributed by atoms with Gasteiger partial charge in [0.05, 0.1) is 5.39 Å². The number of hydrogen-bond donors (Lipinski definition) is 0. The fraction of sp³-hybridized carbons (Fsp3) is 0. The van der Waals surface area contributed by atoms with E-state index in [2.05, 4.69) is 24.3 Å². The summed E-state index contributed by atoms with van der Waals surface area (Å²) in [5.74, 6) is 0.578. The number of fused-ring (bicyclic) bond motifs is 1. The largest absolute Gasteiger partial charge is 0.456 e. The van der Waals surface area contributed by atoms with Gasteiger partial charge in [0.15, 0.2) is 5.43 Å². The van der Waals surface area contributed by atoms with Crippen LogP contribution in [0.2, 0.25) is 0 Å². The maximum atomic E-state index is 12.9. The molecule has 0 N–H and O–H groups in total. The summed E-state index contributed by atoms with van der Waals surface area (Å²) in [6.45, 7) is 0. The van der Waals surface area contributed by atoms with Gasteiger partial charge in [-0.05, 0) is 34.4 Å². The molecule has 2 nitrogen and oxygen atoms in total. The third-order valence-corrected chi connectivity index (χ3v) is 5.10. The van der Waals surface area contributed by atoms with Gasteiger partial charge >= 0.3 is 0 Å². The van der Waals surface area contributed by atoms with Gasteiger partial charge in [-0.1, -0.05) is 91.0 Å². The number of rotatable bonds is 3. The SMILES string of the molecule is O=c1cc(-c2ccccc2)oc2cc(-c3ccccc3)c(-c3ccccc3)cc12. The van der Waals surface area contributed by atoms with Crippen LogP contribution in [0, 0.1) is 0 Å². The maximum absolute atomic E-state index is 12.9. The van der Waals surface area contributed by atoms with E-state index >= 15 is 0 Å². The van der Waals surface area contributed by atoms with Crippen molar-refractivity contribution in [2.75, 3.05) is 0 Å². The highest BCUT2D eigenvalue weighted by Crippen LogP contribution is 2.35. The van der Waals surface area contributed by atoms with Crippen molar-refractivity contribution < 1.29 is 4.42 Å². The van der Waals surface area contributed by atoms with Gasteiger partial charge in [0.2, 0.25) is 0 Å². The van der Waals surface area contributed by atoms with E-state index in [0.29, 0.717) is 16.7 Å². The second kappa shape index (κ2) is 7.25. The lowest BCUT2D eigenvalue weighted by Crippen LogP contribution is -2.01. The molecule has 1 heterocycles. The van der Waals surface area contributed by atoms with Crippen LogP contribution in [-0.2, 0) is 0 Å². The highest BCUT2D eigenvalue weighted by atomic mass is 16.3. The van der Waals surface area contributed by atoms with E-state index in [-0.39, 0.29) is 5.43 Å². The Labute approximate surface area is 168 Å². The molecule has 0 aliphatic carbocycles. The molecule has 138 valence electrons. The monoisotopic (exact) mass is 374 g/mol. The highest BCUT2D eigenvalue weighted by molar-refractivity contribution is 5.94. The van der Waals surface area contributed by atoms with Gasteiger partial charge in [-0.15, -0.1) is 0 Å². The molecule has 29 heavy (non-hydrogen) atoms. The predicted molar refractivity (Wildman–Crippen MR) is 119 cm³/mol. The first kappa shape index (κ1) is 17.2. The zero-order chi connectivity index (χ0) is 19.6. The minimum absolute atomic E-state index is 0.0399. The molecule has 0 unspecified atom stereocenters. The summed E-state index contributed by atoms with van der Waals surface area (Å²) in [6, 6.07) is 35.6. The van der Waals surface area contributed by atoms with Gasteiger partial charge in [-0.3, -0.25) is 4.79 Å². The van der Waals surface area contributed by atoms with E-state index in [1.54, 1.807) is 6.07 Å². The van der Waals surface area contributed by atoms with E-state index in [1.807, 2.05) is 78.9 Å². The van der Waals surface area contributed by atoms with Gasteiger partial charge in [-0.2, -0.15) is 0 Å². The molecule has 0 amide bonds. The quantitative estimate of drug-likeness (QED) is 0.348. The molecule has 0 bridgehead atoms. The first-order valence-corrected chi connectivity index (χ1v) is 9.58. The minimum atomic E-state index is -0.0399. The molecule has 0 spiro atoms. The van der Waals surface area contributed by atoms with E-state index in [9.17, 15) is 4.79 Å². The van der Waals surface area contributed by atoms with Crippen LogP contribution in [0.3, 0.4) is 0 Å². The summed E-state index contributed by atoms with van der Waals surface area (Å²) >= 11 is 0. The summed E-state index contributed by atoms with van der Waals surface area (Å²) in [5, 5.41) is 0.586. The molecule has 2 heteroatoms. The van der Waals surface area contributed by atoms with Crippen molar-refractivity contribution in [3.63, 3.8) is 0 Å². The highest BCUT2D eigenvalue weighted by Gasteiger charge is 2.14. The van der Waals surface area contributed by atoms with Crippen molar-refractivity contribution in [3.8, 4) is 33.6 Å². The van der Waals surface area contributed by atoms with Gasteiger partial charge < -0.3 is 4.42 Å². The molecule has 5 aromatic rings. The normalized spacial score (nSPS) is 10.9. The van der Waals surface area contributed by atoms with Crippen LogP contribution in [0.4, 0.5) is 0 Å². The van der Waals surface area contributed by atoms with Crippen molar-refractivity contribution in [2.45, 2.75) is 0 Å². The zero-order valence-corrected chi connectivity index (χ0v) is 15.7. The summed E-state index contributed by atoms with van der Waals surface area (Å²) in [7, 11) is 0. The average Bonchev–Trinajstić information content (AvgIpc) is 2.80. The van der Waals surface area contributed by atoms with Gasteiger partial charge in [0, 0.05) is 11.6 Å². The summed E-state index contributed by atoms with van der Waals surface area (Å²) < 4.78 is 6.18. The average molecular weight is 374 g/mol. The predicted octanol–water partition coefficient (Wildman–Crippen LogP) is 6.79. The van der Waals surface area contributed by atoms with E-state index in [1.165, 1.54) is 0 Å². The molecular formula is C27H18O2. The summed E-state index contributed by atoms with van der Waals surface area (Å²) in [5.41, 5.74) is 5.65. The molecule has 0 saturated carbocycles. The van der Waals surface area contributed by atoms with Crippen LogP contribution in [0.25, 0.3) is 44.5 Å². The molecule has 0 aliphatic heterocycles. The maximum Gasteiger partial charge on any atom is 0.193 e. The Morgan fingerprint density at radius 2 is 1.00 bits per heavy atom. The number of hydrogen-bond acceptors (Lipinski definition) is 2. The molecular weight excluding hydrogens is 356 g/mol. The van der Waals surface area contributed by atoms with Gasteiger partial charge in [0.1, 0.15) is 11.3 Å². The standard InChI is InChI=1S/C27H18O2/c28-25-18-26(21-14-8-3-9-15-21)29-27-17-23(20-12-6-2-7-13-20)22(16-24(25)27)19-10-4-1-5-11-19/h1-18H. The van der Waals surface area contributed by atoms with Crippen molar-refractivity contribution in [3.05, 3.63) is 119 Å². The molecule has 0 fully saturated rings. The van der Waals surface area contributed by atoms with Crippen LogP contribution in [0.15, 0.2) is 118 Å². The van der Waals surface area contributed by atoms with Crippen LogP contribution in [0.5, 0.6) is 0 Å². The smallest absolute Gasteiger partial charge is 0.193 e. The van der Waals surface area contributed by atoms with Crippen LogP contribution < -0.4 is 5.43 Å². The third-order valence-electron chi connectivity index (χ3n) is 5.10. The Hall–Kier alpha value is -3.91. The Balaban J connectivity index is 1.81. The lowest BCUT2D eigenvalue weighted by atomic mass is 9.93. The number of benzene rings is 4. The van der Waals surface area contributed by atoms with E-state index in [0.717, 1.165) is 27.8 Å². The third kappa shape index (κ3) is 3.26. The topological polar surface area (TPSA) is 30.2 Å². The van der Waals surface area contributed by atoms with E-state index < -0.39 is 0 Å². The van der Waals surface area contributed by atoms with Gasteiger partial charge in [-0.25, -0.2) is 0 Å². The molecule has 0 radical (unpaired) electrons. The molecule has 0 saturated heterocycles.